The lowest BCUT2D eigenvalue weighted by Crippen LogP contribution is -2.31. The molecule has 0 amide bonds. The van der Waals surface area contributed by atoms with Crippen molar-refractivity contribution in [1.29, 1.82) is 0 Å². The Bertz CT molecular complexity index is 1010. The molecule has 0 bridgehead atoms. The molecular formula is C14H9ClN4O5S. The Morgan fingerprint density at radius 1 is 1.32 bits per heavy atom. The minimum absolute atomic E-state index is 0.0928. The maximum Gasteiger partial charge on any atom is 0.315 e. The van der Waals surface area contributed by atoms with Gasteiger partial charge in [-0.05, 0) is 35.3 Å². The normalized spacial score (nSPS) is 10.8. The quantitative estimate of drug-likeness (QED) is 0.178. The fourth-order valence-electron chi connectivity index (χ4n) is 2.21. The first-order valence-corrected chi connectivity index (χ1v) is 7.88. The van der Waals surface area contributed by atoms with Gasteiger partial charge in [0.15, 0.2) is 11.4 Å². The highest BCUT2D eigenvalue weighted by atomic mass is 35.5. The van der Waals surface area contributed by atoms with Crippen LogP contribution in [0.15, 0.2) is 24.3 Å². The van der Waals surface area contributed by atoms with Gasteiger partial charge in [0.2, 0.25) is 5.75 Å². The molecule has 128 valence electrons. The van der Waals surface area contributed by atoms with Crippen LogP contribution in [0.1, 0.15) is 5.69 Å². The number of aryl methyl sites for hydroxylation is 1. The number of hydrogen-bond acceptors (Lipinski definition) is 8. The van der Waals surface area contributed by atoms with E-state index >= 15 is 0 Å². The molecule has 0 radical (unpaired) electrons. The molecule has 0 saturated carbocycles. The lowest BCUT2D eigenvalue weighted by Gasteiger charge is -2.07. The summed E-state index contributed by atoms with van der Waals surface area (Å²) in [6.07, 6.45) is 0. The molecule has 0 saturated heterocycles. The van der Waals surface area contributed by atoms with E-state index in [-0.39, 0.29) is 16.4 Å². The van der Waals surface area contributed by atoms with Crippen LogP contribution in [0.4, 0.5) is 5.69 Å². The standard InChI is InChI=1S/C14H9ClN4O5S/c1-6-2-3-8(14(15)18(6)22)13-11(16-17-25-13)7-4-9(19(23)24)12(21)10(20)5-7/h2-5,20-21H,1H3. The summed E-state index contributed by atoms with van der Waals surface area (Å²) in [6.45, 7) is 1.59. The topological polar surface area (TPSA) is 136 Å². The van der Waals surface area contributed by atoms with Crippen LogP contribution >= 0.6 is 23.1 Å². The second-order valence-corrected chi connectivity index (χ2v) is 6.16. The number of benzene rings is 1. The number of hydrogen-bond donors (Lipinski definition) is 2. The Kier molecular flexibility index (Phi) is 4.15. The number of rotatable bonds is 3. The van der Waals surface area contributed by atoms with Crippen molar-refractivity contribution in [3.63, 3.8) is 0 Å². The molecule has 0 aliphatic heterocycles. The lowest BCUT2D eigenvalue weighted by atomic mass is 10.1. The molecule has 0 fully saturated rings. The van der Waals surface area contributed by atoms with Crippen molar-refractivity contribution in [2.75, 3.05) is 0 Å². The van der Waals surface area contributed by atoms with E-state index in [2.05, 4.69) is 9.59 Å². The van der Waals surface area contributed by atoms with Gasteiger partial charge >= 0.3 is 5.69 Å². The monoisotopic (exact) mass is 380 g/mol. The number of aromatic nitrogens is 3. The molecule has 9 nitrogen and oxygen atoms in total. The third-order valence-electron chi connectivity index (χ3n) is 3.48. The van der Waals surface area contributed by atoms with Crippen molar-refractivity contribution in [2.45, 2.75) is 6.92 Å². The number of aromatic hydroxyl groups is 2. The van der Waals surface area contributed by atoms with E-state index in [0.717, 1.165) is 23.7 Å². The maximum absolute atomic E-state index is 12.0. The van der Waals surface area contributed by atoms with E-state index < -0.39 is 22.1 Å². The second-order valence-electron chi connectivity index (χ2n) is 5.04. The van der Waals surface area contributed by atoms with Gasteiger partial charge in [-0.15, -0.1) is 5.10 Å². The van der Waals surface area contributed by atoms with Crippen molar-refractivity contribution in [3.8, 4) is 33.2 Å². The number of halogens is 1. The van der Waals surface area contributed by atoms with E-state index in [1.165, 1.54) is 0 Å². The summed E-state index contributed by atoms with van der Waals surface area (Å²) in [4.78, 5) is 10.6. The summed E-state index contributed by atoms with van der Waals surface area (Å²) in [7, 11) is 0. The van der Waals surface area contributed by atoms with Crippen LogP contribution < -0.4 is 4.73 Å². The molecule has 0 atom stereocenters. The third kappa shape index (κ3) is 2.81. The maximum atomic E-state index is 12.0. The first kappa shape index (κ1) is 16.9. The van der Waals surface area contributed by atoms with Gasteiger partial charge in [-0.3, -0.25) is 10.1 Å². The fraction of sp³-hybridized carbons (Fsp3) is 0.0714. The minimum Gasteiger partial charge on any atom is -0.617 e. The Morgan fingerprint density at radius 2 is 2.04 bits per heavy atom. The van der Waals surface area contributed by atoms with Crippen LogP contribution in [0.25, 0.3) is 21.7 Å². The molecule has 2 heterocycles. The average Bonchev–Trinajstić information content (AvgIpc) is 3.04. The Labute approximate surface area is 149 Å². The third-order valence-corrected chi connectivity index (χ3v) is 4.60. The van der Waals surface area contributed by atoms with E-state index in [9.17, 15) is 25.5 Å². The Hall–Kier alpha value is -2.98. The summed E-state index contributed by atoms with van der Waals surface area (Å²) in [5, 5.41) is 46.1. The lowest BCUT2D eigenvalue weighted by molar-refractivity contribution is -0.609. The molecule has 1 aromatic carbocycles. The van der Waals surface area contributed by atoms with Crippen molar-refractivity contribution >= 4 is 28.8 Å². The van der Waals surface area contributed by atoms with Crippen LogP contribution in [0.2, 0.25) is 5.15 Å². The van der Waals surface area contributed by atoms with E-state index in [1.807, 2.05) is 0 Å². The zero-order valence-corrected chi connectivity index (χ0v) is 14.1. The zero-order chi connectivity index (χ0) is 18.3. The molecule has 25 heavy (non-hydrogen) atoms. The van der Waals surface area contributed by atoms with E-state index in [0.29, 0.717) is 20.9 Å². The van der Waals surface area contributed by atoms with Gasteiger partial charge < -0.3 is 15.4 Å². The number of phenols is 2. The molecule has 0 spiro atoms. The fourth-order valence-corrected chi connectivity index (χ4v) is 3.27. The summed E-state index contributed by atoms with van der Waals surface area (Å²) < 4.78 is 4.34. The van der Waals surface area contributed by atoms with E-state index in [4.69, 9.17) is 11.6 Å². The van der Waals surface area contributed by atoms with Gasteiger partial charge in [0.25, 0.3) is 5.15 Å². The van der Waals surface area contributed by atoms with Crippen LogP contribution in [0.3, 0.4) is 0 Å². The molecule has 2 aromatic heterocycles. The molecule has 0 unspecified atom stereocenters. The van der Waals surface area contributed by atoms with Crippen molar-refractivity contribution in [3.05, 3.63) is 50.4 Å². The van der Waals surface area contributed by atoms with Gasteiger partial charge in [0.1, 0.15) is 5.69 Å². The molecule has 3 aromatic rings. The minimum atomic E-state index is -0.843. The molecule has 0 aliphatic rings. The van der Waals surface area contributed by atoms with Crippen LogP contribution in [0, 0.1) is 22.2 Å². The zero-order valence-electron chi connectivity index (χ0n) is 12.5. The smallest absolute Gasteiger partial charge is 0.315 e. The van der Waals surface area contributed by atoms with Crippen LogP contribution in [-0.2, 0) is 0 Å². The number of nitro benzene ring substituents is 1. The van der Waals surface area contributed by atoms with Gasteiger partial charge in [0.05, 0.1) is 15.4 Å². The highest BCUT2D eigenvalue weighted by Crippen LogP contribution is 2.42. The van der Waals surface area contributed by atoms with Gasteiger partial charge in [-0.25, -0.2) is 0 Å². The summed E-state index contributed by atoms with van der Waals surface area (Å²) in [6, 6.07) is 5.35. The number of nitro groups is 1. The largest absolute Gasteiger partial charge is 0.617 e. The van der Waals surface area contributed by atoms with Gasteiger partial charge in [-0.2, -0.15) is 4.73 Å². The highest BCUT2D eigenvalue weighted by Gasteiger charge is 2.25. The molecule has 0 aliphatic carbocycles. The first-order valence-electron chi connectivity index (χ1n) is 6.73. The van der Waals surface area contributed by atoms with Gasteiger partial charge in [0, 0.05) is 24.6 Å². The second kappa shape index (κ2) is 6.15. The van der Waals surface area contributed by atoms with Crippen LogP contribution in [-0.4, -0.2) is 24.7 Å². The number of nitrogens with zero attached hydrogens (tertiary/aromatic N) is 4. The highest BCUT2D eigenvalue weighted by molar-refractivity contribution is 7.10. The van der Waals surface area contributed by atoms with Crippen molar-refractivity contribution in [1.82, 2.24) is 9.59 Å². The molecular weight excluding hydrogens is 372 g/mol. The summed E-state index contributed by atoms with van der Waals surface area (Å²) in [5.41, 5.74) is 0.407. The van der Waals surface area contributed by atoms with E-state index in [1.54, 1.807) is 19.1 Å². The first-order chi connectivity index (χ1) is 11.8. The predicted molar refractivity (Wildman–Crippen MR) is 89.5 cm³/mol. The molecule has 3 rings (SSSR count). The van der Waals surface area contributed by atoms with Crippen molar-refractivity contribution < 1.29 is 19.9 Å². The van der Waals surface area contributed by atoms with Crippen molar-refractivity contribution in [2.24, 2.45) is 0 Å². The summed E-state index contributed by atoms with van der Waals surface area (Å²) >= 11 is 7.03. The van der Waals surface area contributed by atoms with Crippen LogP contribution in [0.5, 0.6) is 11.5 Å². The number of phenolic OH excluding ortho intramolecular Hbond substituents is 2. The molecule has 11 heteroatoms. The molecule has 2 N–H and O–H groups in total. The number of pyridine rings is 1. The average molecular weight is 381 g/mol. The summed E-state index contributed by atoms with van der Waals surface area (Å²) in [5.74, 6) is -1.51. The van der Waals surface area contributed by atoms with Gasteiger partial charge in [-0.1, -0.05) is 4.49 Å². The SMILES string of the molecule is Cc1ccc(-c2snnc2-c2cc(O)c(O)c([N+](=O)[O-])c2)c(Cl)[n+]1[O-]. The Morgan fingerprint density at radius 3 is 2.72 bits per heavy atom. The predicted octanol–water partition coefficient (Wildman–Crippen LogP) is 2.79. The Balaban J connectivity index is 2.22.